The number of hydrogen-bond acceptors (Lipinski definition) is 5. The first kappa shape index (κ1) is 23.4. The molecule has 4 rings (SSSR count). The molecule has 2 aromatic rings. The van der Waals surface area contributed by atoms with Gasteiger partial charge in [0.15, 0.2) is 0 Å². The summed E-state index contributed by atoms with van der Waals surface area (Å²) >= 11 is 6.20. The third-order valence-electron chi connectivity index (χ3n) is 5.65. The van der Waals surface area contributed by atoms with Crippen molar-refractivity contribution in [2.24, 2.45) is 0 Å². The second-order valence-corrected chi connectivity index (χ2v) is 10.1. The fourth-order valence-electron chi connectivity index (χ4n) is 4.01. The Kier molecular flexibility index (Phi) is 6.85. The van der Waals surface area contributed by atoms with E-state index in [-0.39, 0.29) is 41.2 Å². The van der Waals surface area contributed by atoms with Gasteiger partial charge in [0.1, 0.15) is 4.90 Å². The minimum Gasteiger partial charge on any atom is -0.379 e. The molecular weight excluding hydrogens is 466 g/mol. The van der Waals surface area contributed by atoms with Crippen LogP contribution in [0.15, 0.2) is 53.6 Å². The van der Waals surface area contributed by atoms with E-state index < -0.39 is 16.1 Å². The summed E-state index contributed by atoms with van der Waals surface area (Å²) in [6.45, 7) is 2.56. The lowest BCUT2D eigenvalue weighted by Crippen LogP contribution is -2.40. The highest BCUT2D eigenvalue weighted by molar-refractivity contribution is 7.89. The molecule has 8 nitrogen and oxygen atoms in total. The van der Waals surface area contributed by atoms with E-state index in [0.717, 1.165) is 11.1 Å². The van der Waals surface area contributed by atoms with Crippen molar-refractivity contribution in [2.45, 2.75) is 24.3 Å². The standard InChI is InChI=1S/C23H24ClN3O5S/c1-16(28)27-9-8-17-4-2-3-5-19(17)21(27)15-23(29)25-18-6-7-20(24)22(14-18)33(30,31)26-10-12-32-13-11-26/h2-9,14,21H,10-13,15H2,1H3,(H,25,29)/t21-/m1/s1. The van der Waals surface area contributed by atoms with Gasteiger partial charge in [-0.25, -0.2) is 8.42 Å². The Hall–Kier alpha value is -2.72. The van der Waals surface area contributed by atoms with Crippen LogP contribution in [0.3, 0.4) is 0 Å². The quantitative estimate of drug-likeness (QED) is 0.695. The van der Waals surface area contributed by atoms with Gasteiger partial charge >= 0.3 is 0 Å². The Bertz CT molecular complexity index is 1210. The Morgan fingerprint density at radius 2 is 1.88 bits per heavy atom. The predicted octanol–water partition coefficient (Wildman–Crippen LogP) is 3.26. The predicted molar refractivity (Wildman–Crippen MR) is 125 cm³/mol. The molecule has 1 atom stereocenters. The molecular formula is C23H24ClN3O5S. The summed E-state index contributed by atoms with van der Waals surface area (Å²) in [7, 11) is -3.83. The van der Waals surface area contributed by atoms with E-state index in [0.29, 0.717) is 18.9 Å². The SMILES string of the molecule is CC(=O)N1C=Cc2ccccc2[C@H]1CC(=O)Nc1ccc(Cl)c(S(=O)(=O)N2CCOCC2)c1. The van der Waals surface area contributed by atoms with Crippen LogP contribution in [-0.2, 0) is 24.3 Å². The third kappa shape index (κ3) is 4.96. The first-order chi connectivity index (χ1) is 15.8. The summed E-state index contributed by atoms with van der Waals surface area (Å²) in [5.74, 6) is -0.530. The molecule has 10 heteroatoms. The van der Waals surface area contributed by atoms with Crippen molar-refractivity contribution < 1.29 is 22.7 Å². The molecule has 2 amide bonds. The van der Waals surface area contributed by atoms with Gasteiger partial charge in [-0.05, 0) is 35.4 Å². The zero-order valence-electron chi connectivity index (χ0n) is 18.0. The average Bonchev–Trinajstić information content (AvgIpc) is 2.80. The van der Waals surface area contributed by atoms with Crippen LogP contribution in [0, 0.1) is 0 Å². The molecule has 2 aromatic carbocycles. The first-order valence-corrected chi connectivity index (χ1v) is 12.3. The van der Waals surface area contributed by atoms with Gasteiger partial charge in [0, 0.05) is 31.9 Å². The second kappa shape index (κ2) is 9.64. The molecule has 33 heavy (non-hydrogen) atoms. The van der Waals surface area contributed by atoms with Gasteiger partial charge in [0.2, 0.25) is 21.8 Å². The summed E-state index contributed by atoms with van der Waals surface area (Å²) in [6, 6.07) is 11.5. The van der Waals surface area contributed by atoms with Gasteiger partial charge in [-0.1, -0.05) is 35.9 Å². The number of benzene rings is 2. The zero-order chi connectivity index (χ0) is 23.6. The topological polar surface area (TPSA) is 96.0 Å². The molecule has 1 fully saturated rings. The first-order valence-electron chi connectivity index (χ1n) is 10.5. The number of amides is 2. The number of hydrogen-bond donors (Lipinski definition) is 1. The van der Waals surface area contributed by atoms with Gasteiger partial charge in [0.25, 0.3) is 0 Å². The average molecular weight is 490 g/mol. The molecule has 0 radical (unpaired) electrons. The highest BCUT2D eigenvalue weighted by atomic mass is 35.5. The molecule has 0 aromatic heterocycles. The number of rotatable bonds is 5. The number of morpholine rings is 1. The molecule has 0 unspecified atom stereocenters. The van der Waals surface area contributed by atoms with Crippen molar-refractivity contribution in [3.8, 4) is 0 Å². The van der Waals surface area contributed by atoms with E-state index in [9.17, 15) is 18.0 Å². The normalized spacial score (nSPS) is 18.6. The molecule has 174 valence electrons. The van der Waals surface area contributed by atoms with Gasteiger partial charge in [0.05, 0.1) is 30.7 Å². The summed E-state index contributed by atoms with van der Waals surface area (Å²) in [5.41, 5.74) is 2.13. The van der Waals surface area contributed by atoms with Crippen LogP contribution in [0.25, 0.3) is 6.08 Å². The van der Waals surface area contributed by atoms with Crippen LogP contribution in [0.5, 0.6) is 0 Å². The summed E-state index contributed by atoms with van der Waals surface area (Å²) in [6.07, 6.45) is 3.53. The Morgan fingerprint density at radius 3 is 2.61 bits per heavy atom. The molecule has 1 saturated heterocycles. The molecule has 2 aliphatic heterocycles. The number of fused-ring (bicyclic) bond motifs is 1. The van der Waals surface area contributed by atoms with E-state index in [1.807, 2.05) is 30.3 Å². The lowest BCUT2D eigenvalue weighted by molar-refractivity contribution is -0.129. The molecule has 2 heterocycles. The highest BCUT2D eigenvalue weighted by Crippen LogP contribution is 2.33. The Morgan fingerprint density at radius 1 is 1.15 bits per heavy atom. The summed E-state index contributed by atoms with van der Waals surface area (Å²) < 4.78 is 32.6. The van der Waals surface area contributed by atoms with Crippen molar-refractivity contribution >= 4 is 45.2 Å². The van der Waals surface area contributed by atoms with Crippen molar-refractivity contribution in [3.63, 3.8) is 0 Å². The van der Waals surface area contributed by atoms with E-state index >= 15 is 0 Å². The molecule has 0 spiro atoms. The monoisotopic (exact) mass is 489 g/mol. The fourth-order valence-corrected chi connectivity index (χ4v) is 5.91. The maximum Gasteiger partial charge on any atom is 0.244 e. The fraction of sp³-hybridized carbons (Fsp3) is 0.304. The van der Waals surface area contributed by atoms with Gasteiger partial charge in [-0.3, -0.25) is 9.59 Å². The third-order valence-corrected chi connectivity index (χ3v) is 8.03. The van der Waals surface area contributed by atoms with E-state index in [1.165, 1.54) is 28.3 Å². The van der Waals surface area contributed by atoms with E-state index in [4.69, 9.17) is 16.3 Å². The van der Waals surface area contributed by atoms with E-state index in [2.05, 4.69) is 5.32 Å². The van der Waals surface area contributed by atoms with Crippen LogP contribution in [-0.4, -0.2) is 55.7 Å². The van der Waals surface area contributed by atoms with Crippen molar-refractivity contribution in [2.75, 3.05) is 31.6 Å². The summed E-state index contributed by atoms with van der Waals surface area (Å²) in [5, 5.41) is 2.83. The number of carbonyl (C=O) groups excluding carboxylic acids is 2. The highest BCUT2D eigenvalue weighted by Gasteiger charge is 2.30. The molecule has 0 aliphatic carbocycles. The number of carbonyl (C=O) groups is 2. The number of nitrogens with zero attached hydrogens (tertiary/aromatic N) is 2. The molecule has 2 aliphatic rings. The largest absolute Gasteiger partial charge is 0.379 e. The van der Waals surface area contributed by atoms with Crippen molar-refractivity contribution in [1.82, 2.24) is 9.21 Å². The lowest BCUT2D eigenvalue weighted by atomic mass is 9.93. The number of nitrogens with one attached hydrogen (secondary N) is 1. The smallest absolute Gasteiger partial charge is 0.244 e. The van der Waals surface area contributed by atoms with Gasteiger partial charge in [-0.15, -0.1) is 0 Å². The lowest BCUT2D eigenvalue weighted by Gasteiger charge is -2.32. The van der Waals surface area contributed by atoms with Crippen LogP contribution in [0.2, 0.25) is 5.02 Å². The van der Waals surface area contributed by atoms with Crippen LogP contribution < -0.4 is 5.32 Å². The van der Waals surface area contributed by atoms with Crippen molar-refractivity contribution in [3.05, 3.63) is 64.8 Å². The Labute approximate surface area is 197 Å². The Balaban J connectivity index is 1.55. The number of sulfonamides is 1. The maximum absolute atomic E-state index is 13.0. The van der Waals surface area contributed by atoms with Crippen molar-refractivity contribution in [1.29, 1.82) is 0 Å². The number of ether oxygens (including phenoxy) is 1. The zero-order valence-corrected chi connectivity index (χ0v) is 19.6. The van der Waals surface area contributed by atoms with Gasteiger partial charge in [-0.2, -0.15) is 4.31 Å². The number of anilines is 1. The minimum absolute atomic E-state index is 0.00903. The molecule has 1 N–H and O–H groups in total. The van der Waals surface area contributed by atoms with Crippen LogP contribution in [0.1, 0.15) is 30.5 Å². The molecule has 0 bridgehead atoms. The summed E-state index contributed by atoms with van der Waals surface area (Å²) in [4.78, 5) is 26.5. The van der Waals surface area contributed by atoms with E-state index in [1.54, 1.807) is 12.3 Å². The van der Waals surface area contributed by atoms with Crippen LogP contribution in [0.4, 0.5) is 5.69 Å². The maximum atomic E-state index is 13.0. The second-order valence-electron chi connectivity index (χ2n) is 7.80. The minimum atomic E-state index is -3.83. The van der Waals surface area contributed by atoms with Crippen LogP contribution >= 0.6 is 11.6 Å². The molecule has 0 saturated carbocycles. The van der Waals surface area contributed by atoms with Gasteiger partial charge < -0.3 is 15.0 Å². The number of halogens is 1.